The first kappa shape index (κ1) is 10.1. The summed E-state index contributed by atoms with van der Waals surface area (Å²) < 4.78 is 13.2. The zero-order valence-corrected chi connectivity index (χ0v) is 9.50. The normalized spacial score (nSPS) is 10.9. The van der Waals surface area contributed by atoms with Gasteiger partial charge in [0.1, 0.15) is 5.82 Å². The summed E-state index contributed by atoms with van der Waals surface area (Å²) in [5.74, 6) is -0.211. The Kier molecular flexibility index (Phi) is 2.22. The molecule has 0 unspecified atom stereocenters. The third kappa shape index (κ3) is 1.82. The van der Waals surface area contributed by atoms with Gasteiger partial charge in [-0.25, -0.2) is 4.39 Å². The van der Waals surface area contributed by atoms with Crippen molar-refractivity contribution in [2.75, 3.05) is 0 Å². The smallest absolute Gasteiger partial charge is 0.123 e. The molecular formula is C15H12FN. The molecule has 0 saturated carbocycles. The highest BCUT2D eigenvalue weighted by atomic mass is 19.1. The lowest BCUT2D eigenvalue weighted by Gasteiger charge is -1.96. The molecule has 0 aliphatic rings. The molecule has 0 saturated heterocycles. The molecule has 0 atom stereocenters. The number of hydrogen-bond acceptors (Lipinski definition) is 0. The van der Waals surface area contributed by atoms with Crippen LogP contribution in [0.3, 0.4) is 0 Å². The van der Waals surface area contributed by atoms with Crippen molar-refractivity contribution < 1.29 is 4.39 Å². The first-order chi connectivity index (χ1) is 8.22. The predicted molar refractivity (Wildman–Crippen MR) is 68.4 cm³/mol. The maximum atomic E-state index is 13.2. The highest BCUT2D eigenvalue weighted by Gasteiger charge is 2.04. The largest absolute Gasteiger partial charge is 0.355 e. The van der Waals surface area contributed by atoms with Crippen LogP contribution in [-0.4, -0.2) is 4.98 Å². The second kappa shape index (κ2) is 3.74. The number of H-pyrrole nitrogens is 1. The zero-order chi connectivity index (χ0) is 11.8. The summed E-state index contributed by atoms with van der Waals surface area (Å²) in [6, 6.07) is 14.9. The van der Waals surface area contributed by atoms with Gasteiger partial charge in [-0.3, -0.25) is 0 Å². The minimum atomic E-state index is -0.211. The van der Waals surface area contributed by atoms with Crippen molar-refractivity contribution in [1.29, 1.82) is 0 Å². The number of aryl methyl sites for hydroxylation is 1. The topological polar surface area (TPSA) is 15.8 Å². The quantitative estimate of drug-likeness (QED) is 0.636. The molecule has 2 heteroatoms. The summed E-state index contributed by atoms with van der Waals surface area (Å²) in [5.41, 5.74) is 4.13. The molecular weight excluding hydrogens is 213 g/mol. The Hall–Kier alpha value is -2.09. The van der Waals surface area contributed by atoms with Gasteiger partial charge in [0.25, 0.3) is 0 Å². The Morgan fingerprint density at radius 3 is 2.71 bits per heavy atom. The lowest BCUT2D eigenvalue weighted by Crippen LogP contribution is -1.78. The van der Waals surface area contributed by atoms with Gasteiger partial charge in [-0.05, 0) is 37.3 Å². The fourth-order valence-electron chi connectivity index (χ4n) is 2.06. The maximum absolute atomic E-state index is 13.2. The standard InChI is InChI=1S/C15H12FN/c1-10-5-6-14-12(7-10)9-15(17-14)11-3-2-4-13(16)8-11/h2-9,17H,1H3. The Labute approximate surface area is 98.9 Å². The highest BCUT2D eigenvalue weighted by Crippen LogP contribution is 2.25. The van der Waals surface area contributed by atoms with Crippen molar-refractivity contribution >= 4 is 10.9 Å². The first-order valence-corrected chi connectivity index (χ1v) is 5.58. The summed E-state index contributed by atoms with van der Waals surface area (Å²) in [4.78, 5) is 3.30. The number of aromatic nitrogens is 1. The van der Waals surface area contributed by atoms with Crippen molar-refractivity contribution in [2.45, 2.75) is 6.92 Å². The van der Waals surface area contributed by atoms with Crippen molar-refractivity contribution in [3.63, 3.8) is 0 Å². The van der Waals surface area contributed by atoms with Gasteiger partial charge < -0.3 is 4.98 Å². The van der Waals surface area contributed by atoms with Gasteiger partial charge in [0.05, 0.1) is 0 Å². The average Bonchev–Trinajstić information content (AvgIpc) is 2.72. The lowest BCUT2D eigenvalue weighted by molar-refractivity contribution is 0.628. The number of nitrogens with one attached hydrogen (secondary N) is 1. The summed E-state index contributed by atoms with van der Waals surface area (Å²) in [6.45, 7) is 2.06. The Morgan fingerprint density at radius 2 is 1.88 bits per heavy atom. The summed E-state index contributed by atoms with van der Waals surface area (Å²) in [5, 5.41) is 1.16. The molecule has 3 aromatic rings. The summed E-state index contributed by atoms with van der Waals surface area (Å²) in [7, 11) is 0. The molecule has 0 spiro atoms. The van der Waals surface area contributed by atoms with Crippen LogP contribution < -0.4 is 0 Å². The second-order valence-corrected chi connectivity index (χ2v) is 4.28. The van der Waals surface area contributed by atoms with Crippen LogP contribution in [0.4, 0.5) is 4.39 Å². The Bertz CT molecular complexity index is 682. The molecule has 84 valence electrons. The summed E-state index contributed by atoms with van der Waals surface area (Å²) in [6.07, 6.45) is 0. The van der Waals surface area contributed by atoms with Gasteiger partial charge in [-0.15, -0.1) is 0 Å². The van der Waals surface area contributed by atoms with Crippen LogP contribution >= 0.6 is 0 Å². The third-order valence-corrected chi connectivity index (χ3v) is 2.91. The highest BCUT2D eigenvalue weighted by molar-refractivity contribution is 5.86. The average molecular weight is 225 g/mol. The molecule has 17 heavy (non-hydrogen) atoms. The molecule has 0 fully saturated rings. The summed E-state index contributed by atoms with van der Waals surface area (Å²) >= 11 is 0. The van der Waals surface area contributed by atoms with Crippen LogP contribution in [0.15, 0.2) is 48.5 Å². The fourth-order valence-corrected chi connectivity index (χ4v) is 2.06. The van der Waals surface area contributed by atoms with E-state index in [9.17, 15) is 4.39 Å². The lowest BCUT2D eigenvalue weighted by atomic mass is 10.1. The van der Waals surface area contributed by atoms with Crippen LogP contribution in [0.2, 0.25) is 0 Å². The minimum Gasteiger partial charge on any atom is -0.355 e. The van der Waals surface area contributed by atoms with E-state index in [2.05, 4.69) is 30.1 Å². The van der Waals surface area contributed by atoms with Gasteiger partial charge in [-0.1, -0.05) is 23.8 Å². The molecule has 2 aromatic carbocycles. The van der Waals surface area contributed by atoms with E-state index in [4.69, 9.17) is 0 Å². The van der Waals surface area contributed by atoms with Crippen LogP contribution in [0.5, 0.6) is 0 Å². The number of aromatic amines is 1. The second-order valence-electron chi connectivity index (χ2n) is 4.28. The predicted octanol–water partition coefficient (Wildman–Crippen LogP) is 4.28. The van der Waals surface area contributed by atoms with Crippen molar-refractivity contribution in [3.05, 3.63) is 59.9 Å². The van der Waals surface area contributed by atoms with Gasteiger partial charge in [-0.2, -0.15) is 0 Å². The van der Waals surface area contributed by atoms with Crippen LogP contribution in [0, 0.1) is 12.7 Å². The number of rotatable bonds is 1. The van der Waals surface area contributed by atoms with E-state index in [0.717, 1.165) is 22.2 Å². The van der Waals surface area contributed by atoms with Crippen LogP contribution in [0.25, 0.3) is 22.2 Å². The fraction of sp³-hybridized carbons (Fsp3) is 0.0667. The van der Waals surface area contributed by atoms with Crippen molar-refractivity contribution in [3.8, 4) is 11.3 Å². The van der Waals surface area contributed by atoms with Gasteiger partial charge in [0.15, 0.2) is 0 Å². The number of hydrogen-bond donors (Lipinski definition) is 1. The molecule has 1 aromatic heterocycles. The van der Waals surface area contributed by atoms with E-state index in [1.807, 2.05) is 12.1 Å². The molecule has 0 aliphatic heterocycles. The van der Waals surface area contributed by atoms with E-state index >= 15 is 0 Å². The maximum Gasteiger partial charge on any atom is 0.123 e. The number of benzene rings is 2. The zero-order valence-electron chi connectivity index (χ0n) is 9.50. The van der Waals surface area contributed by atoms with E-state index in [0.29, 0.717) is 0 Å². The van der Waals surface area contributed by atoms with Crippen LogP contribution in [0.1, 0.15) is 5.56 Å². The molecule has 3 rings (SSSR count). The monoisotopic (exact) mass is 225 g/mol. The molecule has 1 heterocycles. The molecule has 1 N–H and O–H groups in total. The van der Waals surface area contributed by atoms with Crippen molar-refractivity contribution in [2.24, 2.45) is 0 Å². The van der Waals surface area contributed by atoms with Crippen LogP contribution in [-0.2, 0) is 0 Å². The number of halogens is 1. The molecule has 1 nitrogen and oxygen atoms in total. The molecule has 0 radical (unpaired) electrons. The SMILES string of the molecule is Cc1ccc2[nH]c(-c3cccc(F)c3)cc2c1. The van der Waals surface area contributed by atoms with E-state index in [-0.39, 0.29) is 5.82 Å². The van der Waals surface area contributed by atoms with Gasteiger partial charge in [0.2, 0.25) is 0 Å². The number of fused-ring (bicyclic) bond motifs is 1. The third-order valence-electron chi connectivity index (χ3n) is 2.91. The molecule has 0 bridgehead atoms. The molecule has 0 amide bonds. The first-order valence-electron chi connectivity index (χ1n) is 5.58. The Morgan fingerprint density at radius 1 is 1.00 bits per heavy atom. The molecule has 0 aliphatic carbocycles. The van der Waals surface area contributed by atoms with E-state index in [1.54, 1.807) is 6.07 Å². The minimum absolute atomic E-state index is 0.211. The van der Waals surface area contributed by atoms with Gasteiger partial charge in [0, 0.05) is 22.2 Å². The van der Waals surface area contributed by atoms with E-state index < -0.39 is 0 Å². The van der Waals surface area contributed by atoms with E-state index in [1.165, 1.54) is 17.7 Å². The Balaban J connectivity index is 2.18. The van der Waals surface area contributed by atoms with Crippen molar-refractivity contribution in [1.82, 2.24) is 4.98 Å². The van der Waals surface area contributed by atoms with Gasteiger partial charge >= 0.3 is 0 Å².